The summed E-state index contributed by atoms with van der Waals surface area (Å²) in [7, 11) is 0. The third kappa shape index (κ3) is 2.02. The molecule has 19 heavy (non-hydrogen) atoms. The molecule has 0 amide bonds. The summed E-state index contributed by atoms with van der Waals surface area (Å²) in [6.07, 6.45) is 1.37. The summed E-state index contributed by atoms with van der Waals surface area (Å²) >= 11 is 0. The molecule has 0 bridgehead atoms. The number of para-hydroxylation sites is 1. The van der Waals surface area contributed by atoms with Crippen LogP contribution in [0.4, 0.5) is 0 Å². The third-order valence-electron chi connectivity index (χ3n) is 3.83. The standard InChI is InChI=1S/C15H18N2O2/c1-2-19-15(18)9-7-11-10-5-3-4-6-13(10)17-14(11)12(16)8-9/h3-6,9,12,17H,2,7-8,16H2,1H3. The lowest BCUT2D eigenvalue weighted by Gasteiger charge is -2.25. The van der Waals surface area contributed by atoms with E-state index >= 15 is 0 Å². The van der Waals surface area contributed by atoms with Crippen LogP contribution in [0, 0.1) is 5.92 Å². The van der Waals surface area contributed by atoms with Crippen molar-refractivity contribution in [1.29, 1.82) is 0 Å². The molecule has 2 atom stereocenters. The number of carbonyl (C=O) groups excluding carboxylic acids is 1. The summed E-state index contributed by atoms with van der Waals surface area (Å²) < 4.78 is 5.13. The van der Waals surface area contributed by atoms with Gasteiger partial charge in [0.05, 0.1) is 12.5 Å². The summed E-state index contributed by atoms with van der Waals surface area (Å²) in [6.45, 7) is 2.25. The smallest absolute Gasteiger partial charge is 0.309 e. The predicted octanol–water partition coefficient (Wildman–Crippen LogP) is 2.29. The van der Waals surface area contributed by atoms with E-state index in [0.717, 1.165) is 11.2 Å². The molecule has 3 N–H and O–H groups in total. The molecule has 1 aliphatic rings. The average molecular weight is 258 g/mol. The Labute approximate surface area is 111 Å². The average Bonchev–Trinajstić information content (AvgIpc) is 2.78. The second-order valence-electron chi connectivity index (χ2n) is 5.06. The van der Waals surface area contributed by atoms with Gasteiger partial charge < -0.3 is 15.5 Å². The van der Waals surface area contributed by atoms with Crippen LogP contribution in [-0.4, -0.2) is 17.6 Å². The fraction of sp³-hybridized carbons (Fsp3) is 0.400. The summed E-state index contributed by atoms with van der Waals surface area (Å²) in [5.41, 5.74) is 9.53. The highest BCUT2D eigenvalue weighted by Gasteiger charge is 2.32. The van der Waals surface area contributed by atoms with E-state index in [-0.39, 0.29) is 17.9 Å². The number of nitrogens with two attached hydrogens (primary N) is 1. The lowest BCUT2D eigenvalue weighted by atomic mass is 9.84. The van der Waals surface area contributed by atoms with Crippen molar-refractivity contribution < 1.29 is 9.53 Å². The van der Waals surface area contributed by atoms with Crippen LogP contribution >= 0.6 is 0 Å². The SMILES string of the molecule is CCOC(=O)C1Cc2c([nH]c3ccccc23)C(N)C1. The molecule has 1 aromatic heterocycles. The van der Waals surface area contributed by atoms with Crippen LogP contribution in [0.5, 0.6) is 0 Å². The van der Waals surface area contributed by atoms with Gasteiger partial charge in [-0.1, -0.05) is 18.2 Å². The number of carbonyl (C=O) groups is 1. The van der Waals surface area contributed by atoms with E-state index in [4.69, 9.17) is 10.5 Å². The van der Waals surface area contributed by atoms with Gasteiger partial charge in [0.1, 0.15) is 0 Å². The van der Waals surface area contributed by atoms with Gasteiger partial charge in [-0.15, -0.1) is 0 Å². The number of aromatic amines is 1. The zero-order chi connectivity index (χ0) is 13.4. The zero-order valence-electron chi connectivity index (χ0n) is 11.0. The number of esters is 1. The van der Waals surface area contributed by atoms with Gasteiger partial charge in [-0.25, -0.2) is 0 Å². The first kappa shape index (κ1) is 12.2. The number of H-pyrrole nitrogens is 1. The zero-order valence-corrected chi connectivity index (χ0v) is 11.0. The number of ether oxygens (including phenoxy) is 1. The minimum atomic E-state index is -0.131. The third-order valence-corrected chi connectivity index (χ3v) is 3.83. The predicted molar refractivity (Wildman–Crippen MR) is 73.7 cm³/mol. The molecule has 2 unspecified atom stereocenters. The van der Waals surface area contributed by atoms with Crippen molar-refractivity contribution in [3.8, 4) is 0 Å². The van der Waals surface area contributed by atoms with Gasteiger partial charge in [0.2, 0.25) is 0 Å². The summed E-state index contributed by atoms with van der Waals surface area (Å²) in [6, 6.07) is 8.00. The molecule has 1 heterocycles. The van der Waals surface area contributed by atoms with Crippen molar-refractivity contribution in [3.63, 3.8) is 0 Å². The molecule has 0 saturated heterocycles. The maximum absolute atomic E-state index is 11.9. The molecule has 0 saturated carbocycles. The van der Waals surface area contributed by atoms with E-state index in [0.29, 0.717) is 19.4 Å². The minimum Gasteiger partial charge on any atom is -0.466 e. The Balaban J connectivity index is 2.00. The molecule has 1 aliphatic carbocycles. The van der Waals surface area contributed by atoms with Crippen molar-refractivity contribution >= 4 is 16.9 Å². The topological polar surface area (TPSA) is 68.1 Å². The van der Waals surface area contributed by atoms with Crippen LogP contribution in [0.2, 0.25) is 0 Å². The summed E-state index contributed by atoms with van der Waals surface area (Å²) in [5, 5.41) is 1.17. The number of nitrogens with one attached hydrogen (secondary N) is 1. The molecule has 100 valence electrons. The van der Waals surface area contributed by atoms with Gasteiger partial charge >= 0.3 is 5.97 Å². The number of aromatic nitrogens is 1. The van der Waals surface area contributed by atoms with E-state index < -0.39 is 0 Å². The van der Waals surface area contributed by atoms with E-state index in [1.807, 2.05) is 25.1 Å². The van der Waals surface area contributed by atoms with Crippen molar-refractivity contribution in [3.05, 3.63) is 35.5 Å². The largest absolute Gasteiger partial charge is 0.466 e. The second-order valence-corrected chi connectivity index (χ2v) is 5.06. The molecular weight excluding hydrogens is 240 g/mol. The minimum absolute atomic E-state index is 0.120. The molecule has 0 aliphatic heterocycles. The second kappa shape index (κ2) is 4.70. The highest BCUT2D eigenvalue weighted by atomic mass is 16.5. The molecule has 2 aromatic rings. The number of rotatable bonds is 2. The van der Waals surface area contributed by atoms with E-state index in [2.05, 4.69) is 11.1 Å². The van der Waals surface area contributed by atoms with Crippen molar-refractivity contribution in [2.45, 2.75) is 25.8 Å². The molecule has 0 spiro atoms. The Morgan fingerprint density at radius 2 is 2.26 bits per heavy atom. The Kier molecular flexibility index (Phi) is 3.03. The number of benzene rings is 1. The fourth-order valence-electron chi connectivity index (χ4n) is 2.95. The van der Waals surface area contributed by atoms with Crippen molar-refractivity contribution in [2.24, 2.45) is 11.7 Å². The van der Waals surface area contributed by atoms with Gasteiger partial charge in [-0.2, -0.15) is 0 Å². The number of hydrogen-bond acceptors (Lipinski definition) is 3. The first-order valence-corrected chi connectivity index (χ1v) is 6.72. The van der Waals surface area contributed by atoms with Crippen LogP contribution in [-0.2, 0) is 16.0 Å². The monoisotopic (exact) mass is 258 g/mol. The quantitative estimate of drug-likeness (QED) is 0.812. The van der Waals surface area contributed by atoms with Crippen LogP contribution in [0.3, 0.4) is 0 Å². The van der Waals surface area contributed by atoms with Crippen LogP contribution in [0.15, 0.2) is 24.3 Å². The normalized spacial score (nSPS) is 22.2. The maximum Gasteiger partial charge on any atom is 0.309 e. The highest BCUT2D eigenvalue weighted by Crippen LogP contribution is 2.36. The van der Waals surface area contributed by atoms with Gasteiger partial charge in [0.15, 0.2) is 0 Å². The first-order chi connectivity index (χ1) is 9.20. The van der Waals surface area contributed by atoms with Gasteiger partial charge in [0.25, 0.3) is 0 Å². The fourth-order valence-corrected chi connectivity index (χ4v) is 2.95. The van der Waals surface area contributed by atoms with Gasteiger partial charge in [-0.3, -0.25) is 4.79 Å². The van der Waals surface area contributed by atoms with Crippen molar-refractivity contribution in [2.75, 3.05) is 6.61 Å². The highest BCUT2D eigenvalue weighted by molar-refractivity contribution is 5.86. The lowest BCUT2D eigenvalue weighted by molar-refractivity contribution is -0.148. The molecule has 3 rings (SSSR count). The van der Waals surface area contributed by atoms with E-state index in [1.165, 1.54) is 10.9 Å². The molecule has 0 radical (unpaired) electrons. The van der Waals surface area contributed by atoms with Crippen LogP contribution < -0.4 is 5.73 Å². The molecule has 4 nitrogen and oxygen atoms in total. The molecular formula is C15H18N2O2. The summed E-state index contributed by atoms with van der Waals surface area (Å²) in [4.78, 5) is 15.3. The first-order valence-electron chi connectivity index (χ1n) is 6.72. The van der Waals surface area contributed by atoms with Crippen LogP contribution in [0.1, 0.15) is 30.6 Å². The number of fused-ring (bicyclic) bond motifs is 3. The molecule has 0 fully saturated rings. The van der Waals surface area contributed by atoms with E-state index in [9.17, 15) is 4.79 Å². The number of hydrogen-bond donors (Lipinski definition) is 2. The molecule has 4 heteroatoms. The van der Waals surface area contributed by atoms with E-state index in [1.54, 1.807) is 0 Å². The Hall–Kier alpha value is -1.81. The van der Waals surface area contributed by atoms with Gasteiger partial charge in [-0.05, 0) is 31.4 Å². The summed E-state index contributed by atoms with van der Waals surface area (Å²) in [5.74, 6) is -0.254. The lowest BCUT2D eigenvalue weighted by Crippen LogP contribution is -2.30. The Bertz CT molecular complexity index is 618. The Morgan fingerprint density at radius 3 is 3.05 bits per heavy atom. The van der Waals surface area contributed by atoms with Gasteiger partial charge in [0, 0.05) is 22.6 Å². The maximum atomic E-state index is 11.9. The van der Waals surface area contributed by atoms with Crippen LogP contribution in [0.25, 0.3) is 10.9 Å². The van der Waals surface area contributed by atoms with Crippen molar-refractivity contribution in [1.82, 2.24) is 4.98 Å². The Morgan fingerprint density at radius 1 is 1.47 bits per heavy atom. The molecule has 1 aromatic carbocycles.